The van der Waals surface area contributed by atoms with E-state index >= 15 is 0 Å². The molecule has 0 amide bonds. The second-order valence-electron chi connectivity index (χ2n) is 6.17. The Balaban J connectivity index is 1.82. The Morgan fingerprint density at radius 3 is 2.52 bits per heavy atom. The van der Waals surface area contributed by atoms with Crippen LogP contribution in [0.15, 0.2) is 30.3 Å². The lowest BCUT2D eigenvalue weighted by Crippen LogP contribution is -2.58. The third kappa shape index (κ3) is 4.78. The van der Waals surface area contributed by atoms with E-state index in [1.807, 2.05) is 0 Å². The normalized spacial score (nSPS) is 20.3. The molecule has 0 aromatic heterocycles. The highest BCUT2D eigenvalue weighted by molar-refractivity contribution is 5.14. The van der Waals surface area contributed by atoms with Gasteiger partial charge in [-0.1, -0.05) is 30.3 Å². The van der Waals surface area contributed by atoms with Gasteiger partial charge in [0.05, 0.1) is 6.10 Å². The number of hydrogen-bond donors (Lipinski definition) is 2. The van der Waals surface area contributed by atoms with E-state index in [1.165, 1.54) is 5.56 Å². The number of nitrogens with two attached hydrogens (primary N) is 1. The number of likely N-dealkylation sites (tertiary alicyclic amines) is 1. The van der Waals surface area contributed by atoms with Crippen LogP contribution in [0.1, 0.15) is 25.3 Å². The molecule has 2 rings (SSSR count). The maximum Gasteiger partial charge on any atom is 0.0667 e. The third-order valence-corrected chi connectivity index (χ3v) is 4.62. The van der Waals surface area contributed by atoms with Crippen LogP contribution in [-0.4, -0.2) is 49.8 Å². The van der Waals surface area contributed by atoms with E-state index in [9.17, 15) is 0 Å². The summed E-state index contributed by atoms with van der Waals surface area (Å²) in [5.74, 6) is 0. The minimum absolute atomic E-state index is 0.0833. The van der Waals surface area contributed by atoms with Crippen molar-refractivity contribution in [1.82, 2.24) is 10.2 Å². The molecule has 1 heterocycles. The van der Waals surface area contributed by atoms with Gasteiger partial charge in [-0.3, -0.25) is 4.90 Å². The molecule has 0 bridgehead atoms. The molecule has 0 spiro atoms. The van der Waals surface area contributed by atoms with E-state index in [0.717, 1.165) is 39.0 Å². The summed E-state index contributed by atoms with van der Waals surface area (Å²) in [7, 11) is 1.75. The number of nitrogens with zero attached hydrogens (tertiary/aromatic N) is 1. The summed E-state index contributed by atoms with van der Waals surface area (Å²) in [4.78, 5) is 2.52. The van der Waals surface area contributed by atoms with Crippen molar-refractivity contribution in [3.8, 4) is 0 Å². The average Bonchev–Trinajstić information content (AvgIpc) is 2.55. The molecule has 1 fully saturated rings. The van der Waals surface area contributed by atoms with Crippen LogP contribution in [0, 0.1) is 0 Å². The summed E-state index contributed by atoms with van der Waals surface area (Å²) in [6.45, 7) is 6.88. The van der Waals surface area contributed by atoms with E-state index in [0.29, 0.717) is 6.54 Å². The molecule has 1 aromatic carbocycles. The van der Waals surface area contributed by atoms with E-state index in [1.54, 1.807) is 7.11 Å². The van der Waals surface area contributed by atoms with Crippen LogP contribution < -0.4 is 11.1 Å². The van der Waals surface area contributed by atoms with Crippen molar-refractivity contribution in [2.24, 2.45) is 5.73 Å². The summed E-state index contributed by atoms with van der Waals surface area (Å²) < 4.78 is 5.32. The van der Waals surface area contributed by atoms with Crippen molar-refractivity contribution in [3.05, 3.63) is 35.9 Å². The first-order chi connectivity index (χ1) is 10.2. The van der Waals surface area contributed by atoms with Crippen molar-refractivity contribution in [3.63, 3.8) is 0 Å². The lowest BCUT2D eigenvalue weighted by atomic mass is 9.87. The maximum atomic E-state index is 6.04. The Hall–Kier alpha value is -0.940. The molecular formula is C17H29N3O. The highest BCUT2D eigenvalue weighted by Crippen LogP contribution is 2.22. The molecule has 1 aliphatic rings. The topological polar surface area (TPSA) is 50.5 Å². The van der Waals surface area contributed by atoms with Gasteiger partial charge in [0.1, 0.15) is 0 Å². The van der Waals surface area contributed by atoms with Crippen LogP contribution >= 0.6 is 0 Å². The van der Waals surface area contributed by atoms with Gasteiger partial charge in [-0.2, -0.15) is 0 Å². The third-order valence-electron chi connectivity index (χ3n) is 4.62. The highest BCUT2D eigenvalue weighted by atomic mass is 16.5. The largest absolute Gasteiger partial charge is 0.380 e. The molecule has 4 nitrogen and oxygen atoms in total. The SMILES string of the molecule is COC(C)CNC1(CN)CCN(Cc2ccccc2)CC1. The van der Waals surface area contributed by atoms with Gasteiger partial charge in [-0.25, -0.2) is 0 Å². The summed E-state index contributed by atoms with van der Waals surface area (Å²) in [6, 6.07) is 10.7. The van der Waals surface area contributed by atoms with E-state index < -0.39 is 0 Å². The van der Waals surface area contributed by atoms with Gasteiger partial charge >= 0.3 is 0 Å². The molecule has 4 heteroatoms. The van der Waals surface area contributed by atoms with Crippen molar-refractivity contribution >= 4 is 0 Å². The molecule has 1 aliphatic heterocycles. The zero-order chi connectivity index (χ0) is 15.1. The molecule has 1 unspecified atom stereocenters. The predicted molar refractivity (Wildman–Crippen MR) is 87.2 cm³/mol. The second-order valence-corrected chi connectivity index (χ2v) is 6.17. The molecule has 3 N–H and O–H groups in total. The van der Waals surface area contributed by atoms with Gasteiger partial charge in [-0.05, 0) is 25.3 Å². The van der Waals surface area contributed by atoms with Crippen molar-refractivity contribution in [2.75, 3.05) is 33.3 Å². The minimum atomic E-state index is 0.0833. The molecule has 21 heavy (non-hydrogen) atoms. The predicted octanol–water partition coefficient (Wildman–Crippen LogP) is 1.60. The molecule has 0 aliphatic carbocycles. The lowest BCUT2D eigenvalue weighted by Gasteiger charge is -2.42. The van der Waals surface area contributed by atoms with Gasteiger partial charge in [0, 0.05) is 45.4 Å². The van der Waals surface area contributed by atoms with Crippen LogP contribution in [0.4, 0.5) is 0 Å². The Labute approximate surface area is 128 Å². The van der Waals surface area contributed by atoms with E-state index in [4.69, 9.17) is 10.5 Å². The highest BCUT2D eigenvalue weighted by Gasteiger charge is 2.33. The van der Waals surface area contributed by atoms with Crippen LogP contribution in [0.3, 0.4) is 0 Å². The van der Waals surface area contributed by atoms with Gasteiger partial charge < -0.3 is 15.8 Å². The van der Waals surface area contributed by atoms with E-state index in [-0.39, 0.29) is 11.6 Å². The lowest BCUT2D eigenvalue weighted by molar-refractivity contribution is 0.0866. The first-order valence-corrected chi connectivity index (χ1v) is 7.91. The number of ether oxygens (including phenoxy) is 1. The molecule has 0 radical (unpaired) electrons. The van der Waals surface area contributed by atoms with Gasteiger partial charge in [0.25, 0.3) is 0 Å². The van der Waals surface area contributed by atoms with E-state index in [2.05, 4.69) is 47.5 Å². The quantitative estimate of drug-likeness (QED) is 0.801. The van der Waals surface area contributed by atoms with Crippen LogP contribution in [0.2, 0.25) is 0 Å². The smallest absolute Gasteiger partial charge is 0.0667 e. The van der Waals surface area contributed by atoms with Gasteiger partial charge in [0.15, 0.2) is 0 Å². The zero-order valence-electron chi connectivity index (χ0n) is 13.3. The first-order valence-electron chi connectivity index (χ1n) is 7.91. The molecular weight excluding hydrogens is 262 g/mol. The molecule has 118 valence electrons. The molecule has 0 saturated carbocycles. The van der Waals surface area contributed by atoms with Crippen molar-refractivity contribution < 1.29 is 4.74 Å². The van der Waals surface area contributed by atoms with Crippen LogP contribution in [0.5, 0.6) is 0 Å². The Bertz CT molecular complexity index is 402. The monoisotopic (exact) mass is 291 g/mol. The number of piperidine rings is 1. The van der Waals surface area contributed by atoms with Crippen LogP contribution in [-0.2, 0) is 11.3 Å². The summed E-state index contributed by atoms with van der Waals surface area (Å²) in [6.07, 6.45) is 2.44. The second kappa shape index (κ2) is 7.90. The molecule has 1 atom stereocenters. The number of methoxy groups -OCH3 is 1. The number of hydrogen-bond acceptors (Lipinski definition) is 4. The van der Waals surface area contributed by atoms with Crippen molar-refractivity contribution in [2.45, 2.75) is 38.0 Å². The fourth-order valence-corrected chi connectivity index (χ4v) is 2.88. The fraction of sp³-hybridized carbons (Fsp3) is 0.647. The Kier molecular flexibility index (Phi) is 6.18. The van der Waals surface area contributed by atoms with Gasteiger partial charge in [-0.15, -0.1) is 0 Å². The summed E-state index contributed by atoms with van der Waals surface area (Å²) in [5.41, 5.74) is 7.51. The molecule has 1 aromatic rings. The standard InChI is InChI=1S/C17H29N3O/c1-15(21-2)12-19-17(14-18)8-10-20(11-9-17)13-16-6-4-3-5-7-16/h3-7,15,19H,8-14,18H2,1-2H3. The molecule has 1 saturated heterocycles. The first kappa shape index (κ1) is 16.4. The fourth-order valence-electron chi connectivity index (χ4n) is 2.88. The zero-order valence-corrected chi connectivity index (χ0v) is 13.3. The maximum absolute atomic E-state index is 6.04. The van der Waals surface area contributed by atoms with Gasteiger partial charge in [0.2, 0.25) is 0 Å². The Morgan fingerprint density at radius 2 is 1.95 bits per heavy atom. The Morgan fingerprint density at radius 1 is 1.29 bits per heavy atom. The minimum Gasteiger partial charge on any atom is -0.380 e. The van der Waals surface area contributed by atoms with Crippen molar-refractivity contribution in [1.29, 1.82) is 0 Å². The van der Waals surface area contributed by atoms with Crippen LogP contribution in [0.25, 0.3) is 0 Å². The average molecular weight is 291 g/mol. The summed E-state index contributed by atoms with van der Waals surface area (Å²) in [5, 5.41) is 3.64. The number of nitrogens with one attached hydrogen (secondary N) is 1. The number of rotatable bonds is 7. The number of benzene rings is 1. The summed E-state index contributed by atoms with van der Waals surface area (Å²) >= 11 is 0.